The molecule has 0 saturated carbocycles. The molecule has 0 aromatic heterocycles. The molecule has 0 aliphatic carbocycles. The molecule has 6 heteroatoms. The number of esters is 2. The summed E-state index contributed by atoms with van der Waals surface area (Å²) in [7, 11) is 0. The van der Waals surface area contributed by atoms with Gasteiger partial charge in [0.05, 0.1) is 0 Å². The Kier molecular flexibility index (Phi) is 5.01. The molecule has 0 rings (SSSR count). The summed E-state index contributed by atoms with van der Waals surface area (Å²) in [5, 5.41) is 17.3. The number of aliphatic hydroxyl groups is 2. The number of carbonyl (C=O) groups excluding carboxylic acids is 2. The maximum absolute atomic E-state index is 10.6. The SMILES string of the molecule is CC(O)C(=O)OCOC(=O)C(C)O. The summed E-state index contributed by atoms with van der Waals surface area (Å²) < 4.78 is 8.56. The van der Waals surface area contributed by atoms with Crippen LogP contribution in [0.2, 0.25) is 0 Å². The van der Waals surface area contributed by atoms with Crippen molar-refractivity contribution in [3.8, 4) is 0 Å². The minimum Gasteiger partial charge on any atom is -0.426 e. The third-order valence-electron chi connectivity index (χ3n) is 1.08. The van der Waals surface area contributed by atoms with E-state index < -0.39 is 30.9 Å². The van der Waals surface area contributed by atoms with Crippen LogP contribution in [0.1, 0.15) is 13.8 Å². The minimum absolute atomic E-state index is 0.604. The van der Waals surface area contributed by atoms with Crippen LogP contribution in [0.15, 0.2) is 0 Å². The van der Waals surface area contributed by atoms with E-state index in [1.165, 1.54) is 13.8 Å². The van der Waals surface area contributed by atoms with Gasteiger partial charge in [0.2, 0.25) is 6.79 Å². The van der Waals surface area contributed by atoms with Crippen LogP contribution in [0.5, 0.6) is 0 Å². The first kappa shape index (κ1) is 11.9. The van der Waals surface area contributed by atoms with Crippen LogP contribution in [0.25, 0.3) is 0 Å². The fraction of sp³-hybridized carbons (Fsp3) is 0.714. The van der Waals surface area contributed by atoms with E-state index in [1.807, 2.05) is 0 Å². The smallest absolute Gasteiger partial charge is 0.337 e. The Morgan fingerprint density at radius 2 is 1.38 bits per heavy atom. The van der Waals surface area contributed by atoms with Crippen molar-refractivity contribution in [1.29, 1.82) is 0 Å². The van der Waals surface area contributed by atoms with Crippen molar-refractivity contribution in [2.75, 3.05) is 6.79 Å². The van der Waals surface area contributed by atoms with Crippen LogP contribution >= 0.6 is 0 Å². The van der Waals surface area contributed by atoms with Gasteiger partial charge in [-0.15, -0.1) is 0 Å². The first-order valence-electron chi connectivity index (χ1n) is 3.64. The van der Waals surface area contributed by atoms with Gasteiger partial charge in [-0.25, -0.2) is 9.59 Å². The summed E-state index contributed by atoms with van der Waals surface area (Å²) in [4.78, 5) is 21.1. The molecular weight excluding hydrogens is 180 g/mol. The predicted octanol–water partition coefficient (Wildman–Crippen LogP) is -1.21. The van der Waals surface area contributed by atoms with E-state index in [2.05, 4.69) is 9.47 Å². The maximum Gasteiger partial charge on any atom is 0.337 e. The fourth-order valence-corrected chi connectivity index (χ4v) is 0.387. The number of hydrogen-bond donors (Lipinski definition) is 2. The van der Waals surface area contributed by atoms with Crippen molar-refractivity contribution in [1.82, 2.24) is 0 Å². The predicted molar refractivity (Wildman–Crippen MR) is 40.4 cm³/mol. The zero-order valence-corrected chi connectivity index (χ0v) is 7.39. The van der Waals surface area contributed by atoms with Gasteiger partial charge < -0.3 is 19.7 Å². The van der Waals surface area contributed by atoms with Gasteiger partial charge in [0, 0.05) is 0 Å². The molecule has 0 radical (unpaired) electrons. The van der Waals surface area contributed by atoms with Gasteiger partial charge >= 0.3 is 11.9 Å². The monoisotopic (exact) mass is 192 g/mol. The lowest BCUT2D eigenvalue weighted by Gasteiger charge is -2.08. The number of carbonyl (C=O) groups is 2. The topological polar surface area (TPSA) is 93.1 Å². The van der Waals surface area contributed by atoms with Gasteiger partial charge in [-0.2, -0.15) is 0 Å². The second-order valence-corrected chi connectivity index (χ2v) is 2.40. The van der Waals surface area contributed by atoms with E-state index in [4.69, 9.17) is 10.2 Å². The van der Waals surface area contributed by atoms with Crippen molar-refractivity contribution in [2.24, 2.45) is 0 Å². The molecule has 0 aromatic carbocycles. The molecule has 13 heavy (non-hydrogen) atoms. The molecule has 0 aromatic rings. The molecule has 76 valence electrons. The van der Waals surface area contributed by atoms with Gasteiger partial charge in [0.15, 0.2) is 0 Å². The molecule has 2 unspecified atom stereocenters. The number of ether oxygens (including phenoxy) is 2. The van der Waals surface area contributed by atoms with Gasteiger partial charge in [-0.1, -0.05) is 0 Å². The lowest BCUT2D eigenvalue weighted by Crippen LogP contribution is -2.25. The number of rotatable bonds is 4. The Morgan fingerprint density at radius 1 is 1.08 bits per heavy atom. The zero-order valence-electron chi connectivity index (χ0n) is 7.39. The second-order valence-electron chi connectivity index (χ2n) is 2.40. The average molecular weight is 192 g/mol. The highest BCUT2D eigenvalue weighted by Gasteiger charge is 2.13. The van der Waals surface area contributed by atoms with Crippen molar-refractivity contribution in [3.05, 3.63) is 0 Å². The lowest BCUT2D eigenvalue weighted by molar-refractivity contribution is -0.177. The third-order valence-corrected chi connectivity index (χ3v) is 1.08. The maximum atomic E-state index is 10.6. The summed E-state index contributed by atoms with van der Waals surface area (Å²) in [6.07, 6.45) is -2.52. The van der Waals surface area contributed by atoms with E-state index in [9.17, 15) is 9.59 Å². The highest BCUT2D eigenvalue weighted by molar-refractivity contribution is 5.75. The standard InChI is InChI=1S/C7H12O6/c1-4(8)6(10)12-3-13-7(11)5(2)9/h4-5,8-9H,3H2,1-2H3. The van der Waals surface area contributed by atoms with Crippen LogP contribution in [-0.2, 0) is 19.1 Å². The second kappa shape index (κ2) is 5.50. The molecule has 2 N–H and O–H groups in total. The lowest BCUT2D eigenvalue weighted by atomic mass is 10.4. The minimum atomic E-state index is -1.26. The molecule has 0 amide bonds. The summed E-state index contributed by atoms with van der Waals surface area (Å²) in [6.45, 7) is 1.84. The summed E-state index contributed by atoms with van der Waals surface area (Å²) >= 11 is 0. The van der Waals surface area contributed by atoms with Crippen LogP contribution in [0.3, 0.4) is 0 Å². The largest absolute Gasteiger partial charge is 0.426 e. The van der Waals surface area contributed by atoms with Crippen LogP contribution < -0.4 is 0 Å². The van der Waals surface area contributed by atoms with Crippen molar-refractivity contribution in [2.45, 2.75) is 26.1 Å². The highest BCUT2D eigenvalue weighted by atomic mass is 16.7. The molecule has 0 saturated heterocycles. The Morgan fingerprint density at radius 3 is 1.62 bits per heavy atom. The van der Waals surface area contributed by atoms with Crippen molar-refractivity contribution >= 4 is 11.9 Å². The Hall–Kier alpha value is -1.14. The first-order valence-corrected chi connectivity index (χ1v) is 3.64. The zero-order chi connectivity index (χ0) is 10.4. The van der Waals surface area contributed by atoms with E-state index in [0.29, 0.717) is 0 Å². The molecule has 0 aliphatic heterocycles. The van der Waals surface area contributed by atoms with Crippen LogP contribution in [0.4, 0.5) is 0 Å². The van der Waals surface area contributed by atoms with Crippen LogP contribution in [-0.4, -0.2) is 41.2 Å². The summed E-state index contributed by atoms with van der Waals surface area (Å²) in [5.74, 6) is -1.78. The van der Waals surface area contributed by atoms with E-state index in [-0.39, 0.29) is 0 Å². The van der Waals surface area contributed by atoms with E-state index in [1.54, 1.807) is 0 Å². The Labute approximate surface area is 75.1 Å². The van der Waals surface area contributed by atoms with Crippen molar-refractivity contribution < 1.29 is 29.3 Å². The summed E-state index contributed by atoms with van der Waals surface area (Å²) in [5.41, 5.74) is 0. The molecule has 0 spiro atoms. The highest BCUT2D eigenvalue weighted by Crippen LogP contribution is 1.90. The molecular formula is C7H12O6. The fourth-order valence-electron chi connectivity index (χ4n) is 0.387. The molecule has 6 nitrogen and oxygen atoms in total. The Bertz CT molecular complexity index is 165. The third kappa shape index (κ3) is 5.15. The average Bonchev–Trinajstić information content (AvgIpc) is 2.03. The Balaban J connectivity index is 3.57. The first-order chi connectivity index (χ1) is 5.95. The van der Waals surface area contributed by atoms with Crippen molar-refractivity contribution in [3.63, 3.8) is 0 Å². The quantitative estimate of drug-likeness (QED) is 0.429. The van der Waals surface area contributed by atoms with Crippen LogP contribution in [0, 0.1) is 0 Å². The number of aliphatic hydroxyl groups excluding tert-OH is 2. The number of hydrogen-bond acceptors (Lipinski definition) is 6. The summed E-state index contributed by atoms with van der Waals surface area (Å²) in [6, 6.07) is 0. The molecule has 0 heterocycles. The van der Waals surface area contributed by atoms with Gasteiger partial charge in [-0.3, -0.25) is 0 Å². The van der Waals surface area contributed by atoms with E-state index in [0.717, 1.165) is 0 Å². The molecule has 0 fully saturated rings. The normalized spacial score (nSPS) is 14.5. The molecule has 0 aliphatic rings. The van der Waals surface area contributed by atoms with Gasteiger partial charge in [-0.05, 0) is 13.8 Å². The van der Waals surface area contributed by atoms with Gasteiger partial charge in [0.25, 0.3) is 0 Å². The van der Waals surface area contributed by atoms with E-state index >= 15 is 0 Å². The molecule has 2 atom stereocenters. The molecule has 0 bridgehead atoms. The van der Waals surface area contributed by atoms with Gasteiger partial charge in [0.1, 0.15) is 12.2 Å².